The Kier molecular flexibility index (Phi) is 3.94. The highest BCUT2D eigenvalue weighted by Crippen LogP contribution is 2.34. The highest BCUT2D eigenvalue weighted by atomic mass is 32.1. The number of carbonyl (C=O) groups is 1. The number of amides is 1. The van der Waals surface area contributed by atoms with E-state index in [9.17, 15) is 10.1 Å². The van der Waals surface area contributed by atoms with Crippen LogP contribution in [0.2, 0.25) is 0 Å². The molecule has 2 aromatic rings. The van der Waals surface area contributed by atoms with Crippen LogP contribution in [0.1, 0.15) is 22.4 Å². The van der Waals surface area contributed by atoms with Crippen molar-refractivity contribution in [3.05, 3.63) is 28.7 Å². The van der Waals surface area contributed by atoms with Gasteiger partial charge in [-0.3, -0.25) is 9.48 Å². The Morgan fingerprint density at radius 1 is 1.62 bits per heavy atom. The first-order valence-corrected chi connectivity index (χ1v) is 7.47. The molecular weight excluding hydrogens is 288 g/mol. The van der Waals surface area contributed by atoms with Gasteiger partial charge in [-0.25, -0.2) is 4.98 Å². The molecule has 0 radical (unpaired) electrons. The van der Waals surface area contributed by atoms with Crippen molar-refractivity contribution in [2.45, 2.75) is 25.9 Å². The first kappa shape index (κ1) is 13.7. The minimum Gasteiger partial charge on any atom is -0.317 e. The summed E-state index contributed by atoms with van der Waals surface area (Å²) in [6.07, 6.45) is 4.15. The lowest BCUT2D eigenvalue weighted by molar-refractivity contribution is -0.116. The summed E-state index contributed by atoms with van der Waals surface area (Å²) in [6, 6.07) is 2.22. The molecule has 1 amide bonds. The third kappa shape index (κ3) is 2.94. The second kappa shape index (κ2) is 6.03. The number of aryl methyl sites for hydroxylation is 1. The van der Waals surface area contributed by atoms with Gasteiger partial charge in [-0.1, -0.05) is 0 Å². The first-order chi connectivity index (χ1) is 10.3. The monoisotopic (exact) mass is 302 g/mol. The predicted molar refractivity (Wildman–Crippen MR) is 77.7 cm³/mol. The SMILES string of the molecule is N#Cc1c(NC(=O)CCn2cncn2)sc2c1CCNC2. The van der Waals surface area contributed by atoms with Gasteiger partial charge in [0.05, 0.1) is 12.1 Å². The van der Waals surface area contributed by atoms with Crippen LogP contribution >= 0.6 is 11.3 Å². The van der Waals surface area contributed by atoms with Gasteiger partial charge in [0, 0.05) is 17.8 Å². The minimum absolute atomic E-state index is 0.117. The second-order valence-corrected chi connectivity index (χ2v) is 5.81. The van der Waals surface area contributed by atoms with E-state index in [0.717, 1.165) is 30.0 Å². The van der Waals surface area contributed by atoms with E-state index in [0.29, 0.717) is 23.5 Å². The van der Waals surface area contributed by atoms with Crippen LogP contribution in [0, 0.1) is 11.3 Å². The van der Waals surface area contributed by atoms with E-state index >= 15 is 0 Å². The normalized spacial score (nSPS) is 13.5. The van der Waals surface area contributed by atoms with E-state index < -0.39 is 0 Å². The number of anilines is 1. The Labute approximate surface area is 125 Å². The van der Waals surface area contributed by atoms with Gasteiger partial charge in [-0.05, 0) is 18.5 Å². The number of thiophene rings is 1. The molecular formula is C13H14N6OS. The highest BCUT2D eigenvalue weighted by Gasteiger charge is 2.21. The molecule has 108 valence electrons. The summed E-state index contributed by atoms with van der Waals surface area (Å²) >= 11 is 1.49. The van der Waals surface area contributed by atoms with Crippen molar-refractivity contribution in [2.24, 2.45) is 0 Å². The predicted octanol–water partition coefficient (Wildman–Crippen LogP) is 0.886. The number of hydrogen-bond acceptors (Lipinski definition) is 6. The summed E-state index contributed by atoms with van der Waals surface area (Å²) in [4.78, 5) is 17.0. The molecule has 3 heterocycles. The molecule has 0 bridgehead atoms. The van der Waals surface area contributed by atoms with Gasteiger partial charge in [-0.2, -0.15) is 10.4 Å². The van der Waals surface area contributed by atoms with Crippen LogP contribution in [0.15, 0.2) is 12.7 Å². The standard InChI is InChI=1S/C13H14N6OS/c14-5-10-9-1-3-15-6-11(9)21-13(10)18-12(20)2-4-19-8-16-7-17-19/h7-8,15H,1-4,6H2,(H,18,20). The average Bonchev–Trinajstić information content (AvgIpc) is 3.12. The van der Waals surface area contributed by atoms with E-state index in [2.05, 4.69) is 26.8 Å². The molecule has 7 nitrogen and oxygen atoms in total. The number of nitrogens with zero attached hydrogens (tertiary/aromatic N) is 4. The van der Waals surface area contributed by atoms with Crippen molar-refractivity contribution in [3.63, 3.8) is 0 Å². The molecule has 8 heteroatoms. The molecule has 0 atom stereocenters. The van der Waals surface area contributed by atoms with Crippen LogP contribution in [-0.2, 0) is 24.3 Å². The van der Waals surface area contributed by atoms with Gasteiger partial charge in [0.25, 0.3) is 0 Å². The quantitative estimate of drug-likeness (QED) is 0.874. The van der Waals surface area contributed by atoms with Gasteiger partial charge < -0.3 is 10.6 Å². The second-order valence-electron chi connectivity index (χ2n) is 4.70. The fraction of sp³-hybridized carbons (Fsp3) is 0.385. The zero-order valence-electron chi connectivity index (χ0n) is 11.3. The number of aromatic nitrogens is 3. The Bertz CT molecular complexity index is 684. The average molecular weight is 302 g/mol. The summed E-state index contributed by atoms with van der Waals surface area (Å²) in [5, 5.41) is 20.1. The summed E-state index contributed by atoms with van der Waals surface area (Å²) in [7, 11) is 0. The lowest BCUT2D eigenvalue weighted by atomic mass is 10.1. The lowest BCUT2D eigenvalue weighted by Crippen LogP contribution is -2.22. The summed E-state index contributed by atoms with van der Waals surface area (Å²) < 4.78 is 1.61. The van der Waals surface area contributed by atoms with Gasteiger partial charge in [0.1, 0.15) is 23.7 Å². The molecule has 3 rings (SSSR count). The van der Waals surface area contributed by atoms with Crippen LogP contribution in [0.25, 0.3) is 0 Å². The van der Waals surface area contributed by atoms with Crippen molar-refractivity contribution >= 4 is 22.2 Å². The number of fused-ring (bicyclic) bond motifs is 1. The number of carbonyl (C=O) groups excluding carboxylic acids is 1. The molecule has 2 aromatic heterocycles. The van der Waals surface area contributed by atoms with Crippen molar-refractivity contribution < 1.29 is 4.79 Å². The molecule has 0 aliphatic carbocycles. The molecule has 21 heavy (non-hydrogen) atoms. The van der Waals surface area contributed by atoms with Crippen LogP contribution in [-0.4, -0.2) is 27.2 Å². The fourth-order valence-corrected chi connectivity index (χ4v) is 3.48. The van der Waals surface area contributed by atoms with Crippen LogP contribution < -0.4 is 10.6 Å². The topological polar surface area (TPSA) is 95.6 Å². The third-order valence-electron chi connectivity index (χ3n) is 3.33. The molecule has 0 fully saturated rings. The number of nitrogens with one attached hydrogen (secondary N) is 2. The maximum absolute atomic E-state index is 12.0. The number of rotatable bonds is 4. The van der Waals surface area contributed by atoms with Crippen molar-refractivity contribution in [1.29, 1.82) is 5.26 Å². The minimum atomic E-state index is -0.117. The van der Waals surface area contributed by atoms with Crippen LogP contribution in [0.4, 0.5) is 5.00 Å². The zero-order chi connectivity index (χ0) is 14.7. The Morgan fingerprint density at radius 2 is 2.52 bits per heavy atom. The maximum atomic E-state index is 12.0. The molecule has 0 unspecified atom stereocenters. The molecule has 0 aromatic carbocycles. The van der Waals surface area contributed by atoms with Crippen molar-refractivity contribution in [2.75, 3.05) is 11.9 Å². The first-order valence-electron chi connectivity index (χ1n) is 6.65. The summed E-state index contributed by atoms with van der Waals surface area (Å²) in [5.41, 5.74) is 1.69. The van der Waals surface area contributed by atoms with E-state index in [1.807, 2.05) is 0 Å². The van der Waals surface area contributed by atoms with Crippen LogP contribution in [0.3, 0.4) is 0 Å². The van der Waals surface area contributed by atoms with Gasteiger partial charge in [0.15, 0.2) is 0 Å². The summed E-state index contributed by atoms with van der Waals surface area (Å²) in [6.45, 7) is 2.11. The zero-order valence-corrected chi connectivity index (χ0v) is 12.1. The summed E-state index contributed by atoms with van der Waals surface area (Å²) in [5.74, 6) is -0.117. The highest BCUT2D eigenvalue weighted by molar-refractivity contribution is 7.16. The number of nitriles is 1. The van der Waals surface area contributed by atoms with Gasteiger partial charge >= 0.3 is 0 Å². The smallest absolute Gasteiger partial charge is 0.226 e. The van der Waals surface area contributed by atoms with Gasteiger partial charge in [0.2, 0.25) is 5.91 Å². The van der Waals surface area contributed by atoms with Crippen molar-refractivity contribution in [3.8, 4) is 6.07 Å². The van der Waals surface area contributed by atoms with E-state index in [-0.39, 0.29) is 5.91 Å². The lowest BCUT2D eigenvalue weighted by Gasteiger charge is -2.11. The Hall–Kier alpha value is -2.24. The third-order valence-corrected chi connectivity index (χ3v) is 4.47. The maximum Gasteiger partial charge on any atom is 0.226 e. The van der Waals surface area contributed by atoms with E-state index in [1.165, 1.54) is 17.7 Å². The molecule has 0 saturated carbocycles. The Balaban J connectivity index is 1.68. The Morgan fingerprint density at radius 3 is 3.29 bits per heavy atom. The van der Waals surface area contributed by atoms with Crippen LogP contribution in [0.5, 0.6) is 0 Å². The van der Waals surface area contributed by atoms with Gasteiger partial charge in [-0.15, -0.1) is 11.3 Å². The molecule has 2 N–H and O–H groups in total. The number of hydrogen-bond donors (Lipinski definition) is 2. The van der Waals surface area contributed by atoms with E-state index in [1.54, 1.807) is 11.0 Å². The molecule has 1 aliphatic heterocycles. The molecule has 0 saturated heterocycles. The molecule has 1 aliphatic rings. The molecule has 0 spiro atoms. The van der Waals surface area contributed by atoms with E-state index in [4.69, 9.17) is 0 Å². The van der Waals surface area contributed by atoms with Crippen molar-refractivity contribution in [1.82, 2.24) is 20.1 Å². The fourth-order valence-electron chi connectivity index (χ4n) is 2.29. The largest absolute Gasteiger partial charge is 0.317 e.